The molecule has 6 heteroatoms. The van der Waals surface area contributed by atoms with Crippen LogP contribution in [0.15, 0.2) is 23.6 Å². The summed E-state index contributed by atoms with van der Waals surface area (Å²) < 4.78 is 1.19. The number of hydrogen-bond donors (Lipinski definition) is 1. The zero-order valence-corrected chi connectivity index (χ0v) is 13.3. The number of carbonyl (C=O) groups excluding carboxylic acids is 1. The Bertz CT molecular complexity index is 608. The van der Waals surface area contributed by atoms with Crippen LogP contribution in [-0.2, 0) is 11.2 Å². The van der Waals surface area contributed by atoms with E-state index >= 15 is 0 Å². The molecule has 0 spiro atoms. The van der Waals surface area contributed by atoms with Gasteiger partial charge in [-0.2, -0.15) is 0 Å². The Kier molecular flexibility index (Phi) is 5.27. The number of carbonyl (C=O) groups is 1. The van der Waals surface area contributed by atoms with Gasteiger partial charge in [0.05, 0.1) is 6.42 Å². The van der Waals surface area contributed by atoms with Crippen LogP contribution < -0.4 is 5.32 Å². The van der Waals surface area contributed by atoms with Crippen molar-refractivity contribution < 1.29 is 4.79 Å². The van der Waals surface area contributed by atoms with Crippen molar-refractivity contribution in [1.82, 2.24) is 10.2 Å². The van der Waals surface area contributed by atoms with E-state index in [2.05, 4.69) is 10.7 Å². The number of nitrogens with zero attached hydrogens (tertiary/aromatic N) is 1. The van der Waals surface area contributed by atoms with E-state index in [1.807, 2.05) is 23.1 Å². The van der Waals surface area contributed by atoms with Gasteiger partial charge in [0.1, 0.15) is 0 Å². The van der Waals surface area contributed by atoms with Gasteiger partial charge in [0.2, 0.25) is 5.91 Å². The second-order valence-corrected chi connectivity index (χ2v) is 6.06. The normalized spacial score (nSPS) is 15.2. The van der Waals surface area contributed by atoms with Crippen LogP contribution in [0.3, 0.4) is 0 Å². The van der Waals surface area contributed by atoms with Gasteiger partial charge in [0.25, 0.3) is 0 Å². The van der Waals surface area contributed by atoms with Crippen LogP contribution in [0.4, 0.5) is 0 Å². The van der Waals surface area contributed by atoms with E-state index in [0.29, 0.717) is 6.42 Å². The number of rotatable bonds is 2. The predicted octanol–water partition coefficient (Wildman–Crippen LogP) is 2.95. The van der Waals surface area contributed by atoms with E-state index in [9.17, 15) is 4.79 Å². The maximum atomic E-state index is 12.3. The number of thiophene rings is 1. The van der Waals surface area contributed by atoms with Crippen LogP contribution in [0.5, 0.6) is 0 Å². The molecular formula is C14H16Cl2N2OS. The molecule has 0 saturated carbocycles. The van der Waals surface area contributed by atoms with Gasteiger partial charge in [0.15, 0.2) is 0 Å². The molecule has 1 aliphatic heterocycles. The van der Waals surface area contributed by atoms with Gasteiger partial charge < -0.3 is 10.2 Å². The van der Waals surface area contributed by atoms with E-state index in [0.717, 1.165) is 42.2 Å². The molecule has 0 aliphatic carbocycles. The van der Waals surface area contributed by atoms with Crippen LogP contribution in [0.1, 0.15) is 5.56 Å². The lowest BCUT2D eigenvalue weighted by molar-refractivity contribution is -0.131. The Labute approximate surface area is 133 Å². The molecule has 0 atom stereocenters. The standard InChI is InChI=1S/C14H15ClN2OS.ClH/c15-11-1-2-13-12(8-11)10(9-19-13)7-14(18)17-5-3-16-4-6-17;/h1-2,8-9,16H,3-7H2;1H. The summed E-state index contributed by atoms with van der Waals surface area (Å²) in [6, 6.07) is 5.86. The molecule has 1 fully saturated rings. The average Bonchev–Trinajstić information content (AvgIpc) is 2.82. The fraction of sp³-hybridized carbons (Fsp3) is 0.357. The number of benzene rings is 1. The molecule has 1 aromatic heterocycles. The lowest BCUT2D eigenvalue weighted by Crippen LogP contribution is -2.46. The number of halogens is 2. The van der Waals surface area contributed by atoms with Crippen LogP contribution >= 0.6 is 35.3 Å². The third kappa shape index (κ3) is 3.26. The first-order chi connectivity index (χ1) is 9.24. The molecule has 1 saturated heterocycles. The first kappa shape index (κ1) is 15.6. The van der Waals surface area contributed by atoms with Gasteiger partial charge in [-0.05, 0) is 34.5 Å². The molecule has 1 N–H and O–H groups in total. The van der Waals surface area contributed by atoms with Crippen molar-refractivity contribution in [2.75, 3.05) is 26.2 Å². The quantitative estimate of drug-likeness (QED) is 0.918. The van der Waals surface area contributed by atoms with Crippen LogP contribution in [0, 0.1) is 0 Å². The van der Waals surface area contributed by atoms with Gasteiger partial charge in [-0.25, -0.2) is 0 Å². The molecule has 1 amide bonds. The first-order valence-corrected chi connectivity index (χ1v) is 7.64. The minimum atomic E-state index is 0. The maximum absolute atomic E-state index is 12.3. The highest BCUT2D eigenvalue weighted by Gasteiger charge is 2.17. The summed E-state index contributed by atoms with van der Waals surface area (Å²) in [6.07, 6.45) is 0.473. The fourth-order valence-corrected chi connectivity index (χ4v) is 3.50. The van der Waals surface area contributed by atoms with Crippen LogP contribution in [-0.4, -0.2) is 37.0 Å². The zero-order chi connectivity index (χ0) is 13.2. The van der Waals surface area contributed by atoms with E-state index in [4.69, 9.17) is 11.6 Å². The lowest BCUT2D eigenvalue weighted by Gasteiger charge is -2.27. The third-order valence-corrected chi connectivity index (χ3v) is 4.67. The van der Waals surface area contributed by atoms with Crippen molar-refractivity contribution in [3.05, 3.63) is 34.2 Å². The minimum absolute atomic E-state index is 0. The summed E-state index contributed by atoms with van der Waals surface area (Å²) in [4.78, 5) is 14.2. The lowest BCUT2D eigenvalue weighted by atomic mass is 10.1. The van der Waals surface area contributed by atoms with Gasteiger partial charge in [-0.3, -0.25) is 4.79 Å². The molecule has 20 heavy (non-hydrogen) atoms. The van der Waals surface area contributed by atoms with Crippen molar-refractivity contribution in [2.45, 2.75) is 6.42 Å². The van der Waals surface area contributed by atoms with Gasteiger partial charge >= 0.3 is 0 Å². The van der Waals surface area contributed by atoms with Gasteiger partial charge in [0, 0.05) is 35.9 Å². The maximum Gasteiger partial charge on any atom is 0.227 e. The molecule has 2 heterocycles. The summed E-state index contributed by atoms with van der Waals surface area (Å²) in [5.41, 5.74) is 1.09. The summed E-state index contributed by atoms with van der Waals surface area (Å²) >= 11 is 7.70. The van der Waals surface area contributed by atoms with Crippen molar-refractivity contribution in [3.63, 3.8) is 0 Å². The summed E-state index contributed by atoms with van der Waals surface area (Å²) in [6.45, 7) is 3.40. The van der Waals surface area contributed by atoms with E-state index in [1.165, 1.54) is 4.70 Å². The Morgan fingerprint density at radius 3 is 2.85 bits per heavy atom. The SMILES string of the molecule is Cl.O=C(Cc1csc2ccc(Cl)cc12)N1CCNCC1. The van der Waals surface area contributed by atoms with Crippen LogP contribution in [0.2, 0.25) is 5.02 Å². The number of piperazine rings is 1. The van der Waals surface area contributed by atoms with Crippen molar-refractivity contribution in [3.8, 4) is 0 Å². The molecule has 3 nitrogen and oxygen atoms in total. The van der Waals surface area contributed by atoms with Crippen molar-refractivity contribution in [2.24, 2.45) is 0 Å². The smallest absolute Gasteiger partial charge is 0.227 e. The third-order valence-electron chi connectivity index (χ3n) is 3.43. The minimum Gasteiger partial charge on any atom is -0.340 e. The molecule has 3 rings (SSSR count). The molecule has 0 unspecified atom stereocenters. The Balaban J connectivity index is 0.00000147. The fourth-order valence-electron chi connectivity index (χ4n) is 2.38. The van der Waals surface area contributed by atoms with Crippen molar-refractivity contribution in [1.29, 1.82) is 0 Å². The summed E-state index contributed by atoms with van der Waals surface area (Å²) in [7, 11) is 0. The Morgan fingerprint density at radius 2 is 2.10 bits per heavy atom. The molecule has 108 valence electrons. The van der Waals surface area contributed by atoms with E-state index < -0.39 is 0 Å². The molecule has 1 aliphatic rings. The monoisotopic (exact) mass is 330 g/mol. The number of hydrogen-bond acceptors (Lipinski definition) is 3. The molecule has 2 aromatic rings. The van der Waals surface area contributed by atoms with E-state index in [-0.39, 0.29) is 18.3 Å². The van der Waals surface area contributed by atoms with E-state index in [1.54, 1.807) is 11.3 Å². The highest BCUT2D eigenvalue weighted by Crippen LogP contribution is 2.29. The van der Waals surface area contributed by atoms with Gasteiger partial charge in [-0.1, -0.05) is 11.6 Å². The number of amides is 1. The first-order valence-electron chi connectivity index (χ1n) is 6.38. The van der Waals surface area contributed by atoms with Gasteiger partial charge in [-0.15, -0.1) is 23.7 Å². The molecular weight excluding hydrogens is 315 g/mol. The number of fused-ring (bicyclic) bond motifs is 1. The molecule has 0 bridgehead atoms. The average molecular weight is 331 g/mol. The highest BCUT2D eigenvalue weighted by atomic mass is 35.5. The summed E-state index contributed by atoms with van der Waals surface area (Å²) in [5, 5.41) is 7.16. The van der Waals surface area contributed by atoms with Crippen molar-refractivity contribution >= 4 is 51.3 Å². The molecule has 0 radical (unpaired) electrons. The Morgan fingerprint density at radius 1 is 1.35 bits per heavy atom. The topological polar surface area (TPSA) is 32.3 Å². The zero-order valence-electron chi connectivity index (χ0n) is 10.9. The second-order valence-electron chi connectivity index (χ2n) is 4.71. The number of nitrogens with one attached hydrogen (secondary N) is 1. The predicted molar refractivity (Wildman–Crippen MR) is 87.2 cm³/mol. The molecule has 1 aromatic carbocycles. The largest absolute Gasteiger partial charge is 0.340 e. The summed E-state index contributed by atoms with van der Waals surface area (Å²) in [5.74, 6) is 0.209. The second kappa shape index (κ2) is 6.76. The highest BCUT2D eigenvalue weighted by molar-refractivity contribution is 7.17. The Hall–Kier alpha value is -0.810. The van der Waals surface area contributed by atoms with Crippen LogP contribution in [0.25, 0.3) is 10.1 Å².